The molecule has 1 aliphatic carbocycles. The predicted octanol–water partition coefficient (Wildman–Crippen LogP) is 6.90. The summed E-state index contributed by atoms with van der Waals surface area (Å²) < 4.78 is 90.8. The van der Waals surface area contributed by atoms with E-state index in [1.165, 1.54) is 0 Å². The molecule has 0 unspecified atom stereocenters. The van der Waals surface area contributed by atoms with Crippen molar-refractivity contribution in [2.45, 2.75) is 63.8 Å². The first-order chi connectivity index (χ1) is 14.2. The highest BCUT2D eigenvalue weighted by atomic mass is 19.4. The van der Waals surface area contributed by atoms with Gasteiger partial charge in [-0.25, -0.2) is 13.2 Å². The van der Waals surface area contributed by atoms with E-state index in [1.54, 1.807) is 0 Å². The highest BCUT2D eigenvalue weighted by Gasteiger charge is 2.33. The molecule has 0 spiro atoms. The first-order valence-corrected chi connectivity index (χ1v) is 10.4. The number of hydrogen-bond donors (Lipinski definition) is 0. The average molecular weight is 436 g/mol. The molecule has 1 saturated heterocycles. The van der Waals surface area contributed by atoms with E-state index < -0.39 is 35.3 Å². The molecule has 0 bridgehead atoms. The van der Waals surface area contributed by atoms with Gasteiger partial charge in [-0.2, -0.15) is 13.2 Å². The summed E-state index contributed by atoms with van der Waals surface area (Å²) in [4.78, 5) is 0. The summed E-state index contributed by atoms with van der Waals surface area (Å²) in [5, 5.41) is 0. The zero-order valence-electron chi connectivity index (χ0n) is 16.8. The molecule has 0 amide bonds. The Morgan fingerprint density at radius 3 is 2.10 bits per heavy atom. The Kier molecular flexibility index (Phi) is 7.50. The van der Waals surface area contributed by atoms with E-state index in [2.05, 4.69) is 6.92 Å². The standard InChI is InChI=1S/C22H26F6O2/c1-2-3-13-11-29-21(30-12-13)15-6-4-14(5-7-15)16-8-17(23)20(18(24)9-16)19(25)10-22(26,27)28/h8-10,13-15,21H,2-7,11-12H2,1H3. The largest absolute Gasteiger partial charge is 0.412 e. The number of allylic oxidation sites excluding steroid dienone is 1. The maximum atomic E-state index is 14.2. The van der Waals surface area contributed by atoms with Crippen molar-refractivity contribution in [3.8, 4) is 0 Å². The first kappa shape index (κ1) is 23.1. The molecular formula is C22H26F6O2. The van der Waals surface area contributed by atoms with Crippen molar-refractivity contribution in [3.05, 3.63) is 41.0 Å². The number of alkyl halides is 3. The van der Waals surface area contributed by atoms with Crippen LogP contribution in [0.3, 0.4) is 0 Å². The molecule has 30 heavy (non-hydrogen) atoms. The van der Waals surface area contributed by atoms with Crippen LogP contribution in [0.2, 0.25) is 0 Å². The van der Waals surface area contributed by atoms with Crippen LogP contribution in [-0.2, 0) is 9.47 Å². The van der Waals surface area contributed by atoms with Crippen LogP contribution in [0.25, 0.3) is 5.83 Å². The van der Waals surface area contributed by atoms with Crippen LogP contribution >= 0.6 is 0 Å². The maximum absolute atomic E-state index is 14.2. The van der Waals surface area contributed by atoms with Gasteiger partial charge < -0.3 is 9.47 Å². The van der Waals surface area contributed by atoms with Crippen LogP contribution in [0.5, 0.6) is 0 Å². The highest BCUT2D eigenvalue weighted by Crippen LogP contribution is 2.40. The van der Waals surface area contributed by atoms with Gasteiger partial charge in [-0.15, -0.1) is 0 Å². The summed E-state index contributed by atoms with van der Waals surface area (Å²) in [5.74, 6) is -4.16. The second-order valence-electron chi connectivity index (χ2n) is 8.19. The van der Waals surface area contributed by atoms with E-state index >= 15 is 0 Å². The van der Waals surface area contributed by atoms with Crippen LogP contribution in [0.1, 0.15) is 62.5 Å². The van der Waals surface area contributed by atoms with Crippen LogP contribution < -0.4 is 0 Å². The lowest BCUT2D eigenvalue weighted by Gasteiger charge is -2.37. The summed E-state index contributed by atoms with van der Waals surface area (Å²) >= 11 is 0. The fourth-order valence-corrected chi connectivity index (χ4v) is 4.40. The first-order valence-electron chi connectivity index (χ1n) is 10.4. The minimum Gasteiger partial charge on any atom is -0.352 e. The molecule has 8 heteroatoms. The van der Waals surface area contributed by atoms with Gasteiger partial charge in [0, 0.05) is 11.8 Å². The van der Waals surface area contributed by atoms with Crippen molar-refractivity contribution in [1.82, 2.24) is 0 Å². The number of halogens is 6. The Balaban J connectivity index is 1.62. The Morgan fingerprint density at radius 1 is 1.03 bits per heavy atom. The van der Waals surface area contributed by atoms with Crippen molar-refractivity contribution < 1.29 is 35.8 Å². The van der Waals surface area contributed by atoms with Crippen LogP contribution in [-0.4, -0.2) is 25.7 Å². The molecular weight excluding hydrogens is 410 g/mol. The lowest BCUT2D eigenvalue weighted by atomic mass is 9.78. The fraction of sp³-hybridized carbons (Fsp3) is 0.636. The van der Waals surface area contributed by atoms with Gasteiger partial charge in [0.15, 0.2) is 6.29 Å². The van der Waals surface area contributed by atoms with Gasteiger partial charge in [0.05, 0.1) is 24.9 Å². The molecule has 2 nitrogen and oxygen atoms in total. The van der Waals surface area contributed by atoms with Gasteiger partial charge in [0.25, 0.3) is 0 Å². The number of ether oxygens (including phenoxy) is 2. The molecule has 1 aliphatic heterocycles. The van der Waals surface area contributed by atoms with Gasteiger partial charge in [-0.3, -0.25) is 0 Å². The number of benzene rings is 1. The maximum Gasteiger partial charge on any atom is 0.412 e. The molecule has 0 aromatic heterocycles. The topological polar surface area (TPSA) is 18.5 Å². The van der Waals surface area contributed by atoms with E-state index in [-0.39, 0.29) is 18.1 Å². The molecule has 2 fully saturated rings. The molecule has 168 valence electrons. The minimum atomic E-state index is -5.00. The zero-order valence-corrected chi connectivity index (χ0v) is 16.8. The van der Waals surface area contributed by atoms with Gasteiger partial charge in [-0.1, -0.05) is 13.3 Å². The zero-order chi connectivity index (χ0) is 21.9. The number of rotatable bonds is 5. The van der Waals surface area contributed by atoms with Crippen molar-refractivity contribution in [2.24, 2.45) is 11.8 Å². The highest BCUT2D eigenvalue weighted by molar-refractivity contribution is 5.61. The van der Waals surface area contributed by atoms with Gasteiger partial charge >= 0.3 is 6.18 Å². The molecule has 0 radical (unpaired) electrons. The second kappa shape index (κ2) is 9.73. The number of hydrogen-bond acceptors (Lipinski definition) is 2. The lowest BCUT2D eigenvalue weighted by Crippen LogP contribution is -2.38. The van der Waals surface area contributed by atoms with Gasteiger partial charge in [-0.05, 0) is 55.7 Å². The molecule has 0 N–H and O–H groups in total. The molecule has 2 aliphatic rings. The Labute approximate surface area is 172 Å². The second-order valence-corrected chi connectivity index (χ2v) is 8.19. The summed E-state index contributed by atoms with van der Waals surface area (Å²) in [7, 11) is 0. The fourth-order valence-electron chi connectivity index (χ4n) is 4.40. The Bertz CT molecular complexity index is 721. The predicted molar refractivity (Wildman–Crippen MR) is 100 cm³/mol. The smallest absolute Gasteiger partial charge is 0.352 e. The van der Waals surface area contributed by atoms with Crippen molar-refractivity contribution in [3.63, 3.8) is 0 Å². The van der Waals surface area contributed by atoms with Crippen molar-refractivity contribution in [1.29, 1.82) is 0 Å². The van der Waals surface area contributed by atoms with E-state index in [4.69, 9.17) is 9.47 Å². The van der Waals surface area contributed by atoms with E-state index in [1.807, 2.05) is 0 Å². The minimum absolute atomic E-state index is 0.148. The summed E-state index contributed by atoms with van der Waals surface area (Å²) in [6.07, 6.45) is -1.08. The molecule has 3 rings (SSSR count). The van der Waals surface area contributed by atoms with Crippen molar-refractivity contribution >= 4 is 5.83 Å². The van der Waals surface area contributed by atoms with Gasteiger partial charge in [0.1, 0.15) is 17.5 Å². The molecule has 1 saturated carbocycles. The normalized spacial score (nSPS) is 28.6. The van der Waals surface area contributed by atoms with Crippen LogP contribution in [0, 0.1) is 23.5 Å². The summed E-state index contributed by atoms with van der Waals surface area (Å²) in [6.45, 7) is 3.47. The molecule has 1 aromatic rings. The molecule has 1 aromatic carbocycles. The van der Waals surface area contributed by atoms with Gasteiger partial charge in [0.2, 0.25) is 0 Å². The SMILES string of the molecule is CCCC1COC(C2CCC(c3cc(F)c(C(F)=CC(F)(F)F)c(F)c3)CC2)OC1. The average Bonchev–Trinajstić information content (AvgIpc) is 2.67. The van der Waals surface area contributed by atoms with E-state index in [9.17, 15) is 26.3 Å². The Hall–Kier alpha value is -1.54. The van der Waals surface area contributed by atoms with E-state index in [0.29, 0.717) is 37.5 Å². The van der Waals surface area contributed by atoms with Crippen LogP contribution in [0.15, 0.2) is 18.2 Å². The van der Waals surface area contributed by atoms with Crippen molar-refractivity contribution in [2.75, 3.05) is 13.2 Å². The summed E-state index contributed by atoms with van der Waals surface area (Å²) in [5.41, 5.74) is -0.948. The third-order valence-corrected chi connectivity index (χ3v) is 5.91. The molecule has 1 heterocycles. The third-order valence-electron chi connectivity index (χ3n) is 5.91. The Morgan fingerprint density at radius 2 is 1.60 bits per heavy atom. The lowest BCUT2D eigenvalue weighted by molar-refractivity contribution is -0.229. The molecule has 0 atom stereocenters. The van der Waals surface area contributed by atoms with E-state index in [0.717, 1.165) is 37.8 Å². The summed E-state index contributed by atoms with van der Waals surface area (Å²) in [6, 6.07) is 1.88. The third kappa shape index (κ3) is 5.78. The van der Waals surface area contributed by atoms with Crippen LogP contribution in [0.4, 0.5) is 26.3 Å². The quantitative estimate of drug-likeness (QED) is 0.468. The monoisotopic (exact) mass is 436 g/mol.